The molecule has 1 atom stereocenters. The first-order valence-electron chi connectivity index (χ1n) is 7.01. The standard InChI is InChI=1S/C14H31NO/c1-5-8-14(15-10-6-2)12-16-11-7-9-13(3)4/h13-15H,5-12H2,1-4H3. The second-order valence-corrected chi connectivity index (χ2v) is 5.05. The summed E-state index contributed by atoms with van der Waals surface area (Å²) in [5, 5.41) is 3.55. The predicted octanol–water partition coefficient (Wildman–Crippen LogP) is 3.61. The van der Waals surface area contributed by atoms with Crippen molar-refractivity contribution in [3.05, 3.63) is 0 Å². The first-order valence-corrected chi connectivity index (χ1v) is 7.01. The van der Waals surface area contributed by atoms with Gasteiger partial charge in [0, 0.05) is 12.6 Å². The molecule has 0 aromatic rings. The zero-order valence-electron chi connectivity index (χ0n) is 11.7. The molecule has 0 aromatic carbocycles. The Hall–Kier alpha value is -0.0800. The van der Waals surface area contributed by atoms with Crippen LogP contribution in [0.4, 0.5) is 0 Å². The van der Waals surface area contributed by atoms with Crippen LogP contribution in [-0.2, 0) is 4.74 Å². The fourth-order valence-corrected chi connectivity index (χ4v) is 1.76. The van der Waals surface area contributed by atoms with E-state index in [1.807, 2.05) is 0 Å². The fraction of sp³-hybridized carbons (Fsp3) is 1.00. The maximum atomic E-state index is 5.73. The van der Waals surface area contributed by atoms with E-state index in [1.165, 1.54) is 32.1 Å². The number of rotatable bonds is 11. The van der Waals surface area contributed by atoms with E-state index < -0.39 is 0 Å². The lowest BCUT2D eigenvalue weighted by Crippen LogP contribution is -2.34. The highest BCUT2D eigenvalue weighted by molar-refractivity contribution is 4.64. The summed E-state index contributed by atoms with van der Waals surface area (Å²) in [4.78, 5) is 0. The van der Waals surface area contributed by atoms with Crippen LogP contribution in [0.1, 0.15) is 59.8 Å². The second kappa shape index (κ2) is 11.4. The molecule has 0 aliphatic carbocycles. The van der Waals surface area contributed by atoms with Crippen LogP contribution in [0.5, 0.6) is 0 Å². The molecule has 16 heavy (non-hydrogen) atoms. The molecule has 0 rings (SSSR count). The van der Waals surface area contributed by atoms with Crippen LogP contribution >= 0.6 is 0 Å². The van der Waals surface area contributed by atoms with E-state index in [4.69, 9.17) is 4.74 Å². The van der Waals surface area contributed by atoms with Gasteiger partial charge in [-0.25, -0.2) is 0 Å². The third-order valence-corrected chi connectivity index (χ3v) is 2.71. The van der Waals surface area contributed by atoms with E-state index in [2.05, 4.69) is 33.0 Å². The molecular formula is C14H31NO. The average molecular weight is 229 g/mol. The molecule has 0 amide bonds. The molecule has 1 N–H and O–H groups in total. The van der Waals surface area contributed by atoms with Crippen molar-refractivity contribution >= 4 is 0 Å². The highest BCUT2D eigenvalue weighted by atomic mass is 16.5. The van der Waals surface area contributed by atoms with Gasteiger partial charge in [0.1, 0.15) is 0 Å². The third kappa shape index (κ3) is 10.4. The van der Waals surface area contributed by atoms with Crippen LogP contribution in [0.3, 0.4) is 0 Å². The predicted molar refractivity (Wildman–Crippen MR) is 71.9 cm³/mol. The van der Waals surface area contributed by atoms with Crippen LogP contribution in [0, 0.1) is 5.92 Å². The summed E-state index contributed by atoms with van der Waals surface area (Å²) in [5.74, 6) is 0.799. The molecule has 0 saturated heterocycles. The monoisotopic (exact) mass is 229 g/mol. The Balaban J connectivity index is 3.43. The Morgan fingerprint density at radius 3 is 2.38 bits per heavy atom. The first-order chi connectivity index (χ1) is 7.70. The molecule has 0 aliphatic rings. The van der Waals surface area contributed by atoms with E-state index in [9.17, 15) is 0 Å². The number of nitrogens with one attached hydrogen (secondary N) is 1. The van der Waals surface area contributed by atoms with Crippen molar-refractivity contribution in [2.45, 2.75) is 65.8 Å². The van der Waals surface area contributed by atoms with E-state index in [0.29, 0.717) is 6.04 Å². The smallest absolute Gasteiger partial charge is 0.0619 e. The molecule has 0 spiro atoms. The highest BCUT2D eigenvalue weighted by Gasteiger charge is 2.06. The van der Waals surface area contributed by atoms with Crippen molar-refractivity contribution in [1.29, 1.82) is 0 Å². The van der Waals surface area contributed by atoms with Crippen molar-refractivity contribution < 1.29 is 4.74 Å². The molecule has 0 radical (unpaired) electrons. The largest absolute Gasteiger partial charge is 0.380 e. The number of ether oxygens (including phenoxy) is 1. The molecule has 98 valence electrons. The average Bonchev–Trinajstić information content (AvgIpc) is 2.24. The molecule has 0 bridgehead atoms. The summed E-state index contributed by atoms with van der Waals surface area (Å²) in [5.41, 5.74) is 0. The summed E-state index contributed by atoms with van der Waals surface area (Å²) >= 11 is 0. The number of hydrogen-bond donors (Lipinski definition) is 1. The summed E-state index contributed by atoms with van der Waals surface area (Å²) in [6.45, 7) is 11.9. The number of hydrogen-bond acceptors (Lipinski definition) is 2. The summed E-state index contributed by atoms with van der Waals surface area (Å²) < 4.78 is 5.73. The van der Waals surface area contributed by atoms with Crippen molar-refractivity contribution in [3.63, 3.8) is 0 Å². The lowest BCUT2D eigenvalue weighted by molar-refractivity contribution is 0.103. The molecule has 0 fully saturated rings. The highest BCUT2D eigenvalue weighted by Crippen LogP contribution is 2.04. The van der Waals surface area contributed by atoms with Gasteiger partial charge in [-0.2, -0.15) is 0 Å². The van der Waals surface area contributed by atoms with Crippen molar-refractivity contribution in [3.8, 4) is 0 Å². The normalized spacial score (nSPS) is 13.3. The Bertz CT molecular complexity index is 137. The molecule has 2 heteroatoms. The summed E-state index contributed by atoms with van der Waals surface area (Å²) in [6.07, 6.45) is 6.14. The van der Waals surface area contributed by atoms with E-state index >= 15 is 0 Å². The molecule has 0 aromatic heterocycles. The van der Waals surface area contributed by atoms with Crippen molar-refractivity contribution in [2.24, 2.45) is 5.92 Å². The van der Waals surface area contributed by atoms with Crippen molar-refractivity contribution in [1.82, 2.24) is 5.32 Å². The maximum absolute atomic E-state index is 5.73. The second-order valence-electron chi connectivity index (χ2n) is 5.05. The van der Waals surface area contributed by atoms with Gasteiger partial charge < -0.3 is 10.1 Å². The minimum Gasteiger partial charge on any atom is -0.380 e. The van der Waals surface area contributed by atoms with Gasteiger partial charge in [-0.15, -0.1) is 0 Å². The van der Waals surface area contributed by atoms with Gasteiger partial charge in [-0.1, -0.05) is 34.1 Å². The fourth-order valence-electron chi connectivity index (χ4n) is 1.76. The van der Waals surface area contributed by atoms with Crippen LogP contribution in [0.15, 0.2) is 0 Å². The summed E-state index contributed by atoms with van der Waals surface area (Å²) in [6, 6.07) is 0.559. The van der Waals surface area contributed by atoms with Crippen LogP contribution in [0.25, 0.3) is 0 Å². The Morgan fingerprint density at radius 2 is 1.81 bits per heavy atom. The van der Waals surface area contributed by atoms with Crippen LogP contribution in [0.2, 0.25) is 0 Å². The van der Waals surface area contributed by atoms with Crippen LogP contribution < -0.4 is 5.32 Å². The van der Waals surface area contributed by atoms with Gasteiger partial charge in [0.15, 0.2) is 0 Å². The molecule has 0 aliphatic heterocycles. The van der Waals surface area contributed by atoms with Crippen LogP contribution in [-0.4, -0.2) is 25.8 Å². The van der Waals surface area contributed by atoms with Gasteiger partial charge >= 0.3 is 0 Å². The zero-order chi connectivity index (χ0) is 12.2. The van der Waals surface area contributed by atoms with Crippen molar-refractivity contribution in [2.75, 3.05) is 19.8 Å². The zero-order valence-corrected chi connectivity index (χ0v) is 11.7. The Morgan fingerprint density at radius 1 is 1.06 bits per heavy atom. The molecule has 0 heterocycles. The van der Waals surface area contributed by atoms with Gasteiger partial charge in [-0.3, -0.25) is 0 Å². The SMILES string of the molecule is CCCNC(CCC)COCCCC(C)C. The topological polar surface area (TPSA) is 21.3 Å². The molecular weight excluding hydrogens is 198 g/mol. The molecule has 0 saturated carbocycles. The van der Waals surface area contributed by atoms with E-state index in [-0.39, 0.29) is 0 Å². The lowest BCUT2D eigenvalue weighted by Gasteiger charge is -2.18. The Labute approximate surface area is 102 Å². The van der Waals surface area contributed by atoms with Gasteiger partial charge in [0.25, 0.3) is 0 Å². The molecule has 2 nitrogen and oxygen atoms in total. The molecule has 1 unspecified atom stereocenters. The van der Waals surface area contributed by atoms with E-state index in [0.717, 1.165) is 25.7 Å². The van der Waals surface area contributed by atoms with Gasteiger partial charge in [-0.05, 0) is 38.1 Å². The Kier molecular flexibility index (Phi) is 11.3. The minimum atomic E-state index is 0.559. The maximum Gasteiger partial charge on any atom is 0.0619 e. The first kappa shape index (κ1) is 15.9. The van der Waals surface area contributed by atoms with Gasteiger partial charge in [0.2, 0.25) is 0 Å². The third-order valence-electron chi connectivity index (χ3n) is 2.71. The lowest BCUT2D eigenvalue weighted by atomic mass is 10.1. The van der Waals surface area contributed by atoms with E-state index in [1.54, 1.807) is 0 Å². The van der Waals surface area contributed by atoms with Gasteiger partial charge in [0.05, 0.1) is 6.61 Å². The minimum absolute atomic E-state index is 0.559. The summed E-state index contributed by atoms with van der Waals surface area (Å²) in [7, 11) is 0. The quantitative estimate of drug-likeness (QED) is 0.547.